The maximum atomic E-state index is 12.7. The van der Waals surface area contributed by atoms with E-state index in [-0.39, 0.29) is 49.6 Å². The molecule has 3 atom stereocenters. The molecule has 208 valence electrons. The molecule has 2 heterocycles. The first-order valence-corrected chi connectivity index (χ1v) is 13.8. The van der Waals surface area contributed by atoms with Gasteiger partial charge in [0.05, 0.1) is 37.4 Å². The van der Waals surface area contributed by atoms with Crippen LogP contribution >= 0.6 is 11.6 Å². The molecule has 0 saturated carbocycles. The Labute approximate surface area is 238 Å². The molecule has 0 bridgehead atoms. The van der Waals surface area contributed by atoms with Crippen molar-refractivity contribution in [3.63, 3.8) is 0 Å². The van der Waals surface area contributed by atoms with Crippen molar-refractivity contribution in [1.82, 2.24) is 16.2 Å². The van der Waals surface area contributed by atoms with Crippen molar-refractivity contribution in [3.05, 3.63) is 88.9 Å². The van der Waals surface area contributed by atoms with E-state index in [1.807, 2.05) is 79.7 Å². The second kappa shape index (κ2) is 12.5. The van der Waals surface area contributed by atoms with Crippen molar-refractivity contribution in [2.75, 3.05) is 23.4 Å². The molecular weight excluding hydrogens is 528 g/mol. The van der Waals surface area contributed by atoms with E-state index in [9.17, 15) is 9.59 Å². The number of aliphatic imine (C=N–C) groups is 1. The van der Waals surface area contributed by atoms with Gasteiger partial charge in [0.1, 0.15) is 11.9 Å². The fraction of sp³-hybridized carbons (Fsp3) is 0.300. The van der Waals surface area contributed by atoms with Crippen LogP contribution in [-0.2, 0) is 9.59 Å². The third-order valence-corrected chi connectivity index (χ3v) is 7.11. The summed E-state index contributed by atoms with van der Waals surface area (Å²) in [5.41, 5.74) is 10.8. The summed E-state index contributed by atoms with van der Waals surface area (Å²) in [5, 5.41) is 6.40. The zero-order valence-electron chi connectivity index (χ0n) is 22.5. The number of anilines is 2. The van der Waals surface area contributed by atoms with E-state index in [0.29, 0.717) is 17.3 Å². The normalized spacial score (nSPS) is 19.6. The zero-order valence-corrected chi connectivity index (χ0v) is 23.2. The van der Waals surface area contributed by atoms with Gasteiger partial charge >= 0.3 is 0 Å². The Morgan fingerprint density at radius 1 is 1.02 bits per heavy atom. The molecular formula is C30H33ClN6O3. The number of amides is 2. The van der Waals surface area contributed by atoms with E-state index in [2.05, 4.69) is 33.3 Å². The number of nitrogens with one attached hydrogen (secondary N) is 4. The van der Waals surface area contributed by atoms with Crippen LogP contribution in [0.4, 0.5) is 11.4 Å². The van der Waals surface area contributed by atoms with Gasteiger partial charge in [-0.15, -0.1) is 0 Å². The minimum absolute atomic E-state index is 0.0475. The lowest BCUT2D eigenvalue weighted by atomic mass is 9.99. The molecule has 2 aliphatic heterocycles. The quantitative estimate of drug-likeness (QED) is 0.314. The molecule has 2 aliphatic rings. The van der Waals surface area contributed by atoms with Crippen LogP contribution in [0.1, 0.15) is 37.8 Å². The van der Waals surface area contributed by atoms with Crippen LogP contribution in [0, 0.1) is 0 Å². The molecule has 1 saturated heterocycles. The number of hydrazine groups is 1. The highest BCUT2D eigenvalue weighted by Gasteiger charge is 2.40. The standard InChI is InChI=1S/C30H33ClN6O3/c1-3-32-28(39)18-25-30-36-35-19(2)37(30)26-14-13-23(40-16-15-27(38)33-22-7-5-4-6-8-22)17-24(26)29(34-25)20-9-11-21(31)12-10-20/h4-14,17,19,25,30,35-36H,3,15-16,18H2,1-2H3,(H,32,39)(H,33,38). The number of para-hydroxylation sites is 1. The highest BCUT2D eigenvalue weighted by Crippen LogP contribution is 2.36. The van der Waals surface area contributed by atoms with Gasteiger partial charge in [-0.3, -0.25) is 14.6 Å². The van der Waals surface area contributed by atoms with Crippen LogP contribution in [0.15, 0.2) is 77.8 Å². The Hall–Kier alpha value is -3.92. The second-order valence-electron chi connectivity index (χ2n) is 9.72. The Morgan fingerprint density at radius 2 is 1.80 bits per heavy atom. The van der Waals surface area contributed by atoms with Crippen LogP contribution in [0.5, 0.6) is 5.75 Å². The monoisotopic (exact) mass is 560 g/mol. The molecule has 10 heteroatoms. The minimum atomic E-state index is -0.367. The Bertz CT molecular complexity index is 1380. The average molecular weight is 561 g/mol. The summed E-state index contributed by atoms with van der Waals surface area (Å²) < 4.78 is 6.04. The van der Waals surface area contributed by atoms with Gasteiger partial charge < -0.3 is 20.3 Å². The Morgan fingerprint density at radius 3 is 2.55 bits per heavy atom. The predicted octanol–water partition coefficient (Wildman–Crippen LogP) is 4.08. The topological polar surface area (TPSA) is 107 Å². The smallest absolute Gasteiger partial charge is 0.227 e. The van der Waals surface area contributed by atoms with Gasteiger partial charge in [0.25, 0.3) is 0 Å². The van der Waals surface area contributed by atoms with Crippen molar-refractivity contribution < 1.29 is 14.3 Å². The number of hydrogen-bond acceptors (Lipinski definition) is 7. The van der Waals surface area contributed by atoms with Crippen LogP contribution < -0.4 is 31.1 Å². The van der Waals surface area contributed by atoms with Crippen LogP contribution in [0.3, 0.4) is 0 Å². The summed E-state index contributed by atoms with van der Waals surface area (Å²) in [6.07, 6.45) is 0.141. The molecule has 3 aromatic rings. The lowest BCUT2D eigenvalue weighted by molar-refractivity contribution is -0.121. The van der Waals surface area contributed by atoms with Crippen LogP contribution in [0.25, 0.3) is 0 Å². The van der Waals surface area contributed by atoms with Crippen LogP contribution in [0.2, 0.25) is 5.02 Å². The molecule has 4 N–H and O–H groups in total. The van der Waals surface area contributed by atoms with Gasteiger partial charge in [-0.05, 0) is 56.3 Å². The van der Waals surface area contributed by atoms with E-state index < -0.39 is 0 Å². The first kappa shape index (κ1) is 27.6. The average Bonchev–Trinajstić information content (AvgIpc) is 3.27. The number of rotatable bonds is 9. The van der Waals surface area contributed by atoms with Gasteiger partial charge in [0, 0.05) is 34.1 Å². The number of carbonyl (C=O) groups excluding carboxylic acids is 2. The first-order valence-electron chi connectivity index (χ1n) is 13.4. The molecule has 0 spiro atoms. The van der Waals surface area contributed by atoms with E-state index in [4.69, 9.17) is 21.3 Å². The zero-order chi connectivity index (χ0) is 28.1. The number of carbonyl (C=O) groups is 2. The summed E-state index contributed by atoms with van der Waals surface area (Å²) in [4.78, 5) is 32.5. The number of nitrogens with zero attached hydrogens (tertiary/aromatic N) is 2. The van der Waals surface area contributed by atoms with E-state index in [1.165, 1.54) is 0 Å². The largest absolute Gasteiger partial charge is 0.493 e. The summed E-state index contributed by atoms with van der Waals surface area (Å²) in [7, 11) is 0. The number of hydrogen-bond donors (Lipinski definition) is 4. The Balaban J connectivity index is 1.44. The fourth-order valence-electron chi connectivity index (χ4n) is 5.01. The third kappa shape index (κ3) is 6.28. The number of ether oxygens (including phenoxy) is 1. The molecule has 2 amide bonds. The van der Waals surface area contributed by atoms with Crippen molar-refractivity contribution in [3.8, 4) is 5.75 Å². The van der Waals surface area contributed by atoms with Crippen molar-refractivity contribution >= 4 is 40.5 Å². The molecule has 0 radical (unpaired) electrons. The molecule has 40 heavy (non-hydrogen) atoms. The minimum Gasteiger partial charge on any atom is -0.493 e. The fourth-order valence-corrected chi connectivity index (χ4v) is 5.14. The van der Waals surface area contributed by atoms with Crippen molar-refractivity contribution in [1.29, 1.82) is 0 Å². The lowest BCUT2D eigenvalue weighted by Gasteiger charge is -2.31. The molecule has 0 aromatic heterocycles. The molecule has 1 fully saturated rings. The highest BCUT2D eigenvalue weighted by molar-refractivity contribution is 6.30. The van der Waals surface area contributed by atoms with Gasteiger partial charge in [-0.2, -0.15) is 0 Å². The summed E-state index contributed by atoms with van der Waals surface area (Å²) in [6.45, 7) is 4.74. The lowest BCUT2D eigenvalue weighted by Crippen LogP contribution is -2.47. The summed E-state index contributed by atoms with van der Waals surface area (Å²) >= 11 is 6.20. The van der Waals surface area contributed by atoms with Gasteiger partial charge in [-0.1, -0.05) is 41.9 Å². The molecule has 0 aliphatic carbocycles. The molecule has 3 unspecified atom stereocenters. The Kier molecular flexibility index (Phi) is 8.64. The van der Waals surface area contributed by atoms with Gasteiger partial charge in [0.2, 0.25) is 11.8 Å². The van der Waals surface area contributed by atoms with Gasteiger partial charge in [0.15, 0.2) is 0 Å². The first-order chi connectivity index (χ1) is 19.4. The molecule has 9 nitrogen and oxygen atoms in total. The number of fused-ring (bicyclic) bond motifs is 3. The molecule has 5 rings (SSSR count). The predicted molar refractivity (Wildman–Crippen MR) is 158 cm³/mol. The van der Waals surface area contributed by atoms with E-state index >= 15 is 0 Å². The van der Waals surface area contributed by atoms with Crippen LogP contribution in [-0.4, -0.2) is 49.1 Å². The number of halogens is 1. The van der Waals surface area contributed by atoms with E-state index in [0.717, 1.165) is 28.2 Å². The maximum Gasteiger partial charge on any atom is 0.227 e. The summed E-state index contributed by atoms with van der Waals surface area (Å²) in [6, 6.07) is 22.4. The summed E-state index contributed by atoms with van der Waals surface area (Å²) in [5.74, 6) is 0.444. The number of benzene rings is 3. The molecule has 3 aromatic carbocycles. The van der Waals surface area contributed by atoms with Crippen molar-refractivity contribution in [2.45, 2.75) is 45.1 Å². The highest BCUT2D eigenvalue weighted by atomic mass is 35.5. The third-order valence-electron chi connectivity index (χ3n) is 6.86. The van der Waals surface area contributed by atoms with E-state index in [1.54, 1.807) is 0 Å². The van der Waals surface area contributed by atoms with Crippen molar-refractivity contribution in [2.24, 2.45) is 4.99 Å². The maximum absolute atomic E-state index is 12.7. The SMILES string of the molecule is CCNC(=O)CC1N=C(c2ccc(Cl)cc2)c2cc(OCCC(=O)Nc3ccccc3)ccc2N2C(C)NNC12. The second-order valence-corrected chi connectivity index (χ2v) is 10.2. The van der Waals surface area contributed by atoms with Gasteiger partial charge in [-0.25, -0.2) is 10.9 Å².